The molecule has 104 valence electrons. The minimum atomic E-state index is -0.00162. The Hall–Kier alpha value is -1.59. The average molecular weight is 263 g/mol. The van der Waals surface area contributed by atoms with Gasteiger partial charge in [0.2, 0.25) is 5.91 Å². The van der Waals surface area contributed by atoms with E-state index in [-0.39, 0.29) is 5.91 Å². The van der Waals surface area contributed by atoms with E-state index in [0.717, 1.165) is 25.3 Å². The van der Waals surface area contributed by atoms with Gasteiger partial charge in [-0.05, 0) is 19.1 Å². The van der Waals surface area contributed by atoms with Crippen LogP contribution in [0.25, 0.3) is 0 Å². The smallest absolute Gasteiger partial charge is 0.238 e. The van der Waals surface area contributed by atoms with E-state index in [1.807, 2.05) is 24.3 Å². The molecule has 0 unspecified atom stereocenters. The highest BCUT2D eigenvalue weighted by Crippen LogP contribution is 2.22. The molecule has 0 aliphatic carbocycles. The second-order valence-electron chi connectivity index (χ2n) is 4.77. The lowest BCUT2D eigenvalue weighted by atomic mass is 10.2. The van der Waals surface area contributed by atoms with Crippen molar-refractivity contribution in [3.63, 3.8) is 0 Å². The van der Waals surface area contributed by atoms with Crippen molar-refractivity contribution >= 4 is 11.6 Å². The Morgan fingerprint density at radius 3 is 3.05 bits per heavy atom. The van der Waals surface area contributed by atoms with Crippen LogP contribution in [0.3, 0.4) is 0 Å². The van der Waals surface area contributed by atoms with Crippen LogP contribution in [0.1, 0.15) is 6.92 Å². The van der Waals surface area contributed by atoms with Gasteiger partial charge in [0.15, 0.2) is 0 Å². The second-order valence-corrected chi connectivity index (χ2v) is 4.77. The SMILES string of the molecule is COc1ccccc1NC(=O)CN1CCNC[C@@H]1C. The molecule has 19 heavy (non-hydrogen) atoms. The fraction of sp³-hybridized carbons (Fsp3) is 0.500. The van der Waals surface area contributed by atoms with Gasteiger partial charge in [-0.2, -0.15) is 0 Å². The van der Waals surface area contributed by atoms with Gasteiger partial charge in [0.25, 0.3) is 0 Å². The third-order valence-corrected chi connectivity index (χ3v) is 3.37. The van der Waals surface area contributed by atoms with Gasteiger partial charge in [-0.3, -0.25) is 9.69 Å². The third-order valence-electron chi connectivity index (χ3n) is 3.37. The molecule has 5 nitrogen and oxygen atoms in total. The Balaban J connectivity index is 1.93. The average Bonchev–Trinajstić information content (AvgIpc) is 2.42. The molecule has 1 aliphatic heterocycles. The van der Waals surface area contributed by atoms with Crippen molar-refractivity contribution in [2.24, 2.45) is 0 Å². The standard InChI is InChI=1S/C14H21N3O2/c1-11-9-15-7-8-17(11)10-14(18)16-12-5-3-4-6-13(12)19-2/h3-6,11,15H,7-10H2,1-2H3,(H,16,18)/t11-/m0/s1. The van der Waals surface area contributed by atoms with E-state index in [9.17, 15) is 4.79 Å². The molecular weight excluding hydrogens is 242 g/mol. The molecule has 1 heterocycles. The van der Waals surface area contributed by atoms with Gasteiger partial charge < -0.3 is 15.4 Å². The Kier molecular flexibility index (Phi) is 4.76. The third kappa shape index (κ3) is 3.68. The van der Waals surface area contributed by atoms with Gasteiger partial charge in [0.1, 0.15) is 5.75 Å². The number of nitrogens with one attached hydrogen (secondary N) is 2. The first kappa shape index (κ1) is 13.8. The lowest BCUT2D eigenvalue weighted by Crippen LogP contribution is -2.51. The van der Waals surface area contributed by atoms with E-state index < -0.39 is 0 Å². The number of anilines is 1. The topological polar surface area (TPSA) is 53.6 Å². The Morgan fingerprint density at radius 1 is 1.53 bits per heavy atom. The fourth-order valence-electron chi connectivity index (χ4n) is 2.24. The van der Waals surface area contributed by atoms with Gasteiger partial charge >= 0.3 is 0 Å². The lowest BCUT2D eigenvalue weighted by molar-refractivity contribution is -0.118. The maximum Gasteiger partial charge on any atom is 0.238 e. The summed E-state index contributed by atoms with van der Waals surface area (Å²) < 4.78 is 5.22. The largest absolute Gasteiger partial charge is 0.495 e. The Morgan fingerprint density at radius 2 is 2.32 bits per heavy atom. The number of hydrogen-bond acceptors (Lipinski definition) is 4. The van der Waals surface area contributed by atoms with Gasteiger partial charge in [0, 0.05) is 25.7 Å². The van der Waals surface area contributed by atoms with Crippen LogP contribution in [-0.4, -0.2) is 50.1 Å². The van der Waals surface area contributed by atoms with Crippen LogP contribution in [0.4, 0.5) is 5.69 Å². The number of amides is 1. The molecule has 1 aromatic rings. The number of carbonyl (C=O) groups is 1. The monoisotopic (exact) mass is 263 g/mol. The first-order valence-electron chi connectivity index (χ1n) is 6.58. The lowest BCUT2D eigenvalue weighted by Gasteiger charge is -2.33. The number of benzene rings is 1. The van der Waals surface area contributed by atoms with Crippen molar-refractivity contribution < 1.29 is 9.53 Å². The van der Waals surface area contributed by atoms with Crippen molar-refractivity contribution in [3.05, 3.63) is 24.3 Å². The molecule has 1 fully saturated rings. The van der Waals surface area contributed by atoms with Crippen LogP contribution in [0.15, 0.2) is 24.3 Å². The summed E-state index contributed by atoms with van der Waals surface area (Å²) >= 11 is 0. The van der Waals surface area contributed by atoms with Crippen LogP contribution in [0, 0.1) is 0 Å². The van der Waals surface area contributed by atoms with Crippen molar-refractivity contribution in [1.82, 2.24) is 10.2 Å². The first-order valence-corrected chi connectivity index (χ1v) is 6.58. The molecule has 2 N–H and O–H groups in total. The second kappa shape index (κ2) is 6.54. The Labute approximate surface area is 113 Å². The van der Waals surface area contributed by atoms with E-state index in [0.29, 0.717) is 18.3 Å². The number of nitrogens with zero attached hydrogens (tertiary/aromatic N) is 1. The molecule has 1 aromatic carbocycles. The van der Waals surface area contributed by atoms with Crippen molar-refractivity contribution in [2.75, 3.05) is 38.6 Å². The maximum absolute atomic E-state index is 12.1. The predicted octanol–water partition coefficient (Wildman–Crippen LogP) is 0.927. The van der Waals surface area contributed by atoms with E-state index in [4.69, 9.17) is 4.74 Å². The van der Waals surface area contributed by atoms with Crippen LogP contribution in [0.5, 0.6) is 5.75 Å². The quantitative estimate of drug-likeness (QED) is 0.848. The zero-order chi connectivity index (χ0) is 13.7. The van der Waals surface area contributed by atoms with Crippen molar-refractivity contribution in [3.8, 4) is 5.75 Å². The van der Waals surface area contributed by atoms with Crippen LogP contribution >= 0.6 is 0 Å². The van der Waals surface area contributed by atoms with Crippen LogP contribution < -0.4 is 15.4 Å². The zero-order valence-corrected chi connectivity index (χ0v) is 11.5. The molecule has 5 heteroatoms. The summed E-state index contributed by atoms with van der Waals surface area (Å²) in [6.07, 6.45) is 0. The molecule has 1 saturated heterocycles. The molecule has 0 spiro atoms. The van der Waals surface area contributed by atoms with Gasteiger partial charge in [-0.1, -0.05) is 12.1 Å². The number of para-hydroxylation sites is 2. The summed E-state index contributed by atoms with van der Waals surface area (Å²) in [5, 5.41) is 6.22. The summed E-state index contributed by atoms with van der Waals surface area (Å²) in [6, 6.07) is 7.83. The summed E-state index contributed by atoms with van der Waals surface area (Å²) in [6.45, 7) is 5.32. The highest BCUT2D eigenvalue weighted by atomic mass is 16.5. The maximum atomic E-state index is 12.1. The van der Waals surface area contributed by atoms with Gasteiger partial charge in [-0.15, -0.1) is 0 Å². The number of rotatable bonds is 4. The Bertz CT molecular complexity index is 436. The molecule has 0 saturated carbocycles. The molecule has 1 aliphatic rings. The highest BCUT2D eigenvalue weighted by molar-refractivity contribution is 5.93. The van der Waals surface area contributed by atoms with Gasteiger partial charge in [-0.25, -0.2) is 0 Å². The van der Waals surface area contributed by atoms with Crippen LogP contribution in [0.2, 0.25) is 0 Å². The zero-order valence-electron chi connectivity index (χ0n) is 11.5. The summed E-state index contributed by atoms with van der Waals surface area (Å²) in [7, 11) is 1.60. The van der Waals surface area contributed by atoms with E-state index in [1.165, 1.54) is 0 Å². The number of carbonyl (C=O) groups excluding carboxylic acids is 1. The molecule has 2 rings (SSSR count). The van der Waals surface area contributed by atoms with Crippen molar-refractivity contribution in [2.45, 2.75) is 13.0 Å². The molecule has 1 atom stereocenters. The molecular formula is C14H21N3O2. The highest BCUT2D eigenvalue weighted by Gasteiger charge is 2.20. The molecule has 1 amide bonds. The first-order chi connectivity index (χ1) is 9.20. The molecule has 0 radical (unpaired) electrons. The number of methoxy groups -OCH3 is 1. The normalized spacial score (nSPS) is 20.0. The summed E-state index contributed by atoms with van der Waals surface area (Å²) in [5.41, 5.74) is 0.720. The fourth-order valence-corrected chi connectivity index (χ4v) is 2.24. The van der Waals surface area contributed by atoms with E-state index in [2.05, 4.69) is 22.5 Å². The van der Waals surface area contributed by atoms with Crippen LogP contribution in [-0.2, 0) is 4.79 Å². The number of hydrogen-bond donors (Lipinski definition) is 2. The summed E-state index contributed by atoms with van der Waals surface area (Å²) in [5.74, 6) is 0.683. The summed E-state index contributed by atoms with van der Waals surface area (Å²) in [4.78, 5) is 14.2. The minimum absolute atomic E-state index is 0.00162. The molecule has 0 bridgehead atoms. The number of ether oxygens (including phenoxy) is 1. The van der Waals surface area contributed by atoms with Gasteiger partial charge in [0.05, 0.1) is 19.3 Å². The molecule has 0 aromatic heterocycles. The van der Waals surface area contributed by atoms with E-state index in [1.54, 1.807) is 7.11 Å². The number of piperazine rings is 1. The minimum Gasteiger partial charge on any atom is -0.495 e. The van der Waals surface area contributed by atoms with E-state index >= 15 is 0 Å². The van der Waals surface area contributed by atoms with Crippen molar-refractivity contribution in [1.29, 1.82) is 0 Å². The predicted molar refractivity (Wildman–Crippen MR) is 75.5 cm³/mol.